The molecule has 0 amide bonds. The number of halogens is 2. The fourth-order valence-electron chi connectivity index (χ4n) is 1.35. The lowest BCUT2D eigenvalue weighted by Gasteiger charge is -2.10. The van der Waals surface area contributed by atoms with Gasteiger partial charge in [0.05, 0.1) is 25.2 Å². The molecule has 1 aromatic carbocycles. The highest BCUT2D eigenvalue weighted by molar-refractivity contribution is 9.10. The van der Waals surface area contributed by atoms with Gasteiger partial charge < -0.3 is 4.74 Å². The first-order valence-corrected chi connectivity index (χ1v) is 7.92. The third-order valence-corrected chi connectivity index (χ3v) is 4.53. The quantitative estimate of drug-likeness (QED) is 0.827. The predicted molar refractivity (Wildman–Crippen MR) is 78.5 cm³/mol. The summed E-state index contributed by atoms with van der Waals surface area (Å²) in [6, 6.07) is 4.93. The molecule has 106 valence electrons. The molecule has 20 heavy (non-hydrogen) atoms. The Labute approximate surface area is 129 Å². The van der Waals surface area contributed by atoms with Crippen molar-refractivity contribution in [2.45, 2.75) is 4.90 Å². The number of hydrogen-bond donors (Lipinski definition) is 1. The summed E-state index contributed by atoms with van der Waals surface area (Å²) in [6.07, 6.45) is 2.26. The molecule has 1 aromatic heterocycles. The number of nitrogens with one attached hydrogen (secondary N) is 1. The van der Waals surface area contributed by atoms with Crippen LogP contribution >= 0.6 is 27.5 Å². The van der Waals surface area contributed by atoms with E-state index < -0.39 is 10.0 Å². The summed E-state index contributed by atoms with van der Waals surface area (Å²) < 4.78 is 32.4. The highest BCUT2D eigenvalue weighted by Crippen LogP contribution is 2.29. The van der Waals surface area contributed by atoms with E-state index in [0.717, 1.165) is 12.4 Å². The van der Waals surface area contributed by atoms with Crippen molar-refractivity contribution in [2.75, 3.05) is 11.8 Å². The van der Waals surface area contributed by atoms with Crippen LogP contribution in [0.5, 0.6) is 5.75 Å². The molecule has 0 aliphatic rings. The van der Waals surface area contributed by atoms with Crippen molar-refractivity contribution in [2.24, 2.45) is 0 Å². The minimum absolute atomic E-state index is 0.0217. The molecule has 0 saturated heterocycles. The Kier molecular flexibility index (Phi) is 4.46. The molecular formula is C11H9BrClN3O3S. The van der Waals surface area contributed by atoms with Gasteiger partial charge in [0.2, 0.25) is 5.28 Å². The molecule has 2 aromatic rings. The fourth-order valence-corrected chi connectivity index (χ4v) is 2.89. The molecule has 0 spiro atoms. The molecule has 0 radical (unpaired) electrons. The van der Waals surface area contributed by atoms with Gasteiger partial charge in [-0.1, -0.05) is 0 Å². The molecule has 0 atom stereocenters. The second kappa shape index (κ2) is 5.94. The zero-order chi connectivity index (χ0) is 14.8. The van der Waals surface area contributed by atoms with Crippen LogP contribution in [0.15, 0.2) is 40.0 Å². The summed E-state index contributed by atoms with van der Waals surface area (Å²) in [6.45, 7) is 0. The highest BCUT2D eigenvalue weighted by Gasteiger charge is 2.17. The number of benzene rings is 1. The molecule has 0 aliphatic carbocycles. The second-order valence-electron chi connectivity index (χ2n) is 3.64. The first-order valence-electron chi connectivity index (χ1n) is 5.26. The molecule has 0 unspecified atom stereocenters. The number of aromatic nitrogens is 2. The van der Waals surface area contributed by atoms with Crippen molar-refractivity contribution in [3.63, 3.8) is 0 Å². The SMILES string of the molecule is COc1ccc(Br)c(NS(=O)(=O)c2cnc(Cl)nc2)c1. The molecule has 0 saturated carbocycles. The van der Waals surface area contributed by atoms with Crippen LogP contribution in [0.3, 0.4) is 0 Å². The van der Waals surface area contributed by atoms with Gasteiger partial charge in [0.25, 0.3) is 10.0 Å². The van der Waals surface area contributed by atoms with Crippen molar-refractivity contribution in [3.05, 3.63) is 40.3 Å². The van der Waals surface area contributed by atoms with Crippen molar-refractivity contribution in [3.8, 4) is 5.75 Å². The molecule has 0 bridgehead atoms. The van der Waals surface area contributed by atoms with Gasteiger partial charge in [0.15, 0.2) is 0 Å². The van der Waals surface area contributed by atoms with Crippen LogP contribution in [0.4, 0.5) is 5.69 Å². The van der Waals surface area contributed by atoms with Gasteiger partial charge in [-0.2, -0.15) is 0 Å². The predicted octanol–water partition coefficient (Wildman–Crippen LogP) is 2.70. The van der Waals surface area contributed by atoms with Gasteiger partial charge >= 0.3 is 0 Å². The van der Waals surface area contributed by atoms with Crippen LogP contribution in [-0.2, 0) is 10.0 Å². The number of methoxy groups -OCH3 is 1. The maximum absolute atomic E-state index is 12.2. The molecule has 6 nitrogen and oxygen atoms in total. The Balaban J connectivity index is 2.35. The van der Waals surface area contributed by atoms with E-state index >= 15 is 0 Å². The Morgan fingerprint density at radius 3 is 2.55 bits per heavy atom. The first-order chi connectivity index (χ1) is 9.42. The smallest absolute Gasteiger partial charge is 0.265 e. The van der Waals surface area contributed by atoms with E-state index in [9.17, 15) is 8.42 Å². The van der Waals surface area contributed by atoms with E-state index in [1.807, 2.05) is 0 Å². The highest BCUT2D eigenvalue weighted by atomic mass is 79.9. The second-order valence-corrected chi connectivity index (χ2v) is 6.51. The van der Waals surface area contributed by atoms with Crippen molar-refractivity contribution in [1.29, 1.82) is 0 Å². The molecule has 1 N–H and O–H groups in total. The van der Waals surface area contributed by atoms with Gasteiger partial charge in [-0.15, -0.1) is 0 Å². The van der Waals surface area contributed by atoms with Crippen molar-refractivity contribution in [1.82, 2.24) is 9.97 Å². The van der Waals surface area contributed by atoms with Gasteiger partial charge in [-0.3, -0.25) is 4.72 Å². The number of nitrogens with zero attached hydrogens (tertiary/aromatic N) is 2. The third-order valence-electron chi connectivity index (χ3n) is 2.32. The van der Waals surface area contributed by atoms with Crippen LogP contribution < -0.4 is 9.46 Å². The molecule has 9 heteroatoms. The minimum Gasteiger partial charge on any atom is -0.497 e. The van der Waals surface area contributed by atoms with Gasteiger partial charge in [-0.25, -0.2) is 18.4 Å². The maximum Gasteiger partial charge on any atom is 0.265 e. The lowest BCUT2D eigenvalue weighted by molar-refractivity contribution is 0.415. The molecule has 0 aliphatic heterocycles. The summed E-state index contributed by atoms with van der Waals surface area (Å²) in [7, 11) is -2.30. The number of hydrogen-bond acceptors (Lipinski definition) is 5. The van der Waals surface area contributed by atoms with E-state index in [-0.39, 0.29) is 10.2 Å². The Morgan fingerprint density at radius 1 is 1.30 bits per heavy atom. The van der Waals surface area contributed by atoms with Gasteiger partial charge in [0.1, 0.15) is 10.6 Å². The summed E-state index contributed by atoms with van der Waals surface area (Å²) in [5.74, 6) is 0.526. The standard InChI is InChI=1S/C11H9BrClN3O3S/c1-19-7-2-3-9(12)10(4-7)16-20(17,18)8-5-14-11(13)15-6-8/h2-6,16H,1H3. The zero-order valence-electron chi connectivity index (χ0n) is 10.2. The van der Waals surface area contributed by atoms with E-state index in [1.54, 1.807) is 18.2 Å². The average molecular weight is 379 g/mol. The molecule has 0 fully saturated rings. The maximum atomic E-state index is 12.2. The number of anilines is 1. The summed E-state index contributed by atoms with van der Waals surface area (Å²) in [4.78, 5) is 7.20. The van der Waals surface area contributed by atoms with E-state index in [4.69, 9.17) is 16.3 Å². The van der Waals surface area contributed by atoms with Crippen LogP contribution in [0.1, 0.15) is 0 Å². The third kappa shape index (κ3) is 3.38. The monoisotopic (exact) mass is 377 g/mol. The normalized spacial score (nSPS) is 11.2. The van der Waals surface area contributed by atoms with E-state index in [2.05, 4.69) is 30.6 Å². The van der Waals surface area contributed by atoms with Crippen molar-refractivity contribution < 1.29 is 13.2 Å². The Hall–Kier alpha value is -1.38. The van der Waals surface area contributed by atoms with Crippen molar-refractivity contribution >= 4 is 43.2 Å². The largest absolute Gasteiger partial charge is 0.497 e. The van der Waals surface area contributed by atoms with Crippen LogP contribution in [0.25, 0.3) is 0 Å². The Morgan fingerprint density at radius 2 is 1.95 bits per heavy atom. The summed E-state index contributed by atoms with van der Waals surface area (Å²) in [5, 5.41) is -0.0217. The van der Waals surface area contributed by atoms with E-state index in [0.29, 0.717) is 15.9 Å². The van der Waals surface area contributed by atoms with Gasteiger partial charge in [-0.05, 0) is 39.7 Å². The minimum atomic E-state index is -3.80. The first kappa shape index (κ1) is 15.0. The van der Waals surface area contributed by atoms with Crippen LogP contribution in [0.2, 0.25) is 5.28 Å². The summed E-state index contributed by atoms with van der Waals surface area (Å²) >= 11 is 8.79. The molecule has 1 heterocycles. The lowest BCUT2D eigenvalue weighted by atomic mass is 10.3. The van der Waals surface area contributed by atoms with Crippen LogP contribution in [0, 0.1) is 0 Å². The Bertz CT molecular complexity index is 722. The number of ether oxygens (including phenoxy) is 1. The summed E-state index contributed by atoms with van der Waals surface area (Å²) in [5.41, 5.74) is 0.347. The molecule has 2 rings (SSSR count). The van der Waals surface area contributed by atoms with E-state index in [1.165, 1.54) is 7.11 Å². The van der Waals surface area contributed by atoms with Crippen LogP contribution in [-0.4, -0.2) is 25.5 Å². The average Bonchev–Trinajstić information content (AvgIpc) is 2.41. The molecular weight excluding hydrogens is 370 g/mol. The zero-order valence-corrected chi connectivity index (χ0v) is 13.3. The number of sulfonamides is 1. The fraction of sp³-hybridized carbons (Fsp3) is 0.0909. The number of rotatable bonds is 4. The lowest BCUT2D eigenvalue weighted by Crippen LogP contribution is -2.14. The topological polar surface area (TPSA) is 81.2 Å². The van der Waals surface area contributed by atoms with Gasteiger partial charge in [0, 0.05) is 10.5 Å².